The fraction of sp³-hybridized carbons (Fsp3) is 1.00. The summed E-state index contributed by atoms with van der Waals surface area (Å²) in [7, 11) is 1.64. The van der Waals surface area contributed by atoms with Crippen LogP contribution >= 0.6 is 0 Å². The van der Waals surface area contributed by atoms with Crippen LogP contribution in [-0.4, -0.2) is 60.5 Å². The zero-order valence-electron chi connectivity index (χ0n) is 10.7. The Kier molecular flexibility index (Phi) is 6.48. The first-order chi connectivity index (χ1) is 7.70. The van der Waals surface area contributed by atoms with Crippen molar-refractivity contribution in [3.63, 3.8) is 0 Å². The summed E-state index contributed by atoms with van der Waals surface area (Å²) < 4.78 is 10.9. The summed E-state index contributed by atoms with van der Waals surface area (Å²) in [4.78, 5) is 0. The van der Waals surface area contributed by atoms with E-state index in [1.54, 1.807) is 14.2 Å². The second kappa shape index (κ2) is 7.36. The van der Waals surface area contributed by atoms with Gasteiger partial charge in [0.1, 0.15) is 0 Å². The predicted molar refractivity (Wildman–Crippen MR) is 67.5 cm³/mol. The van der Waals surface area contributed by atoms with Gasteiger partial charge in [0.15, 0.2) is 0 Å². The van der Waals surface area contributed by atoms with Crippen molar-refractivity contribution >= 4 is 8.56 Å². The van der Waals surface area contributed by atoms with Crippen molar-refractivity contribution in [3.05, 3.63) is 0 Å². The fourth-order valence-electron chi connectivity index (χ4n) is 1.76. The average Bonchev–Trinajstić information content (AvgIpc) is 2.36. The Bertz CT molecular complexity index is 185. The minimum atomic E-state index is -1.85. The molecular weight excluding hydrogens is 222 g/mol. The lowest BCUT2D eigenvalue weighted by molar-refractivity contribution is 0.163. The molecule has 0 saturated carbocycles. The maximum atomic E-state index is 5.44. The van der Waals surface area contributed by atoms with Crippen LogP contribution in [0.2, 0.25) is 12.6 Å². The molecule has 0 aliphatic carbocycles. The Morgan fingerprint density at radius 2 is 1.88 bits per heavy atom. The van der Waals surface area contributed by atoms with E-state index in [2.05, 4.69) is 22.3 Å². The second-order valence-electron chi connectivity index (χ2n) is 4.29. The van der Waals surface area contributed by atoms with Crippen molar-refractivity contribution in [3.8, 4) is 0 Å². The third-order valence-electron chi connectivity index (χ3n) is 3.12. The number of nitrogens with zero attached hydrogens (tertiary/aromatic N) is 1. The highest BCUT2D eigenvalue weighted by atomic mass is 28.4. The SMILES string of the molecule is CO[Si](C)(CCCNN1CCNCC1)OC. The number of nitrogens with one attached hydrogen (secondary N) is 2. The normalized spacial score (nSPS) is 18.9. The first-order valence-corrected chi connectivity index (χ1v) is 8.52. The van der Waals surface area contributed by atoms with E-state index in [0.717, 1.165) is 45.2 Å². The summed E-state index contributed by atoms with van der Waals surface area (Å²) in [5.74, 6) is 0. The van der Waals surface area contributed by atoms with E-state index in [-0.39, 0.29) is 0 Å². The van der Waals surface area contributed by atoms with Crippen LogP contribution in [0.4, 0.5) is 0 Å². The second-order valence-corrected chi connectivity index (χ2v) is 7.87. The summed E-state index contributed by atoms with van der Waals surface area (Å²) in [5.41, 5.74) is 3.45. The molecule has 0 aromatic heterocycles. The number of rotatable bonds is 7. The Morgan fingerprint density at radius 3 is 2.44 bits per heavy atom. The van der Waals surface area contributed by atoms with Crippen LogP contribution in [-0.2, 0) is 8.85 Å². The molecule has 16 heavy (non-hydrogen) atoms. The highest BCUT2D eigenvalue weighted by molar-refractivity contribution is 6.65. The number of hydrogen-bond donors (Lipinski definition) is 2. The molecule has 0 spiro atoms. The van der Waals surface area contributed by atoms with Crippen molar-refractivity contribution in [1.82, 2.24) is 15.8 Å². The third-order valence-corrected chi connectivity index (χ3v) is 6.11. The maximum absolute atomic E-state index is 5.44. The molecular formula is C10H25N3O2Si. The largest absolute Gasteiger partial charge is 0.398 e. The Hall–Kier alpha value is 0.0169. The predicted octanol–water partition coefficient (Wildman–Crippen LogP) is 0.151. The van der Waals surface area contributed by atoms with Crippen molar-refractivity contribution in [2.45, 2.75) is 19.0 Å². The molecule has 0 aromatic carbocycles. The molecule has 0 unspecified atom stereocenters. The standard InChI is InChI=1S/C10H25N3O2Si/c1-14-16(3,15-2)10-4-5-12-13-8-6-11-7-9-13/h11-12H,4-10H2,1-3H3. The van der Waals surface area contributed by atoms with Crippen molar-refractivity contribution in [2.24, 2.45) is 0 Å². The summed E-state index contributed by atoms with van der Waals surface area (Å²) >= 11 is 0. The van der Waals surface area contributed by atoms with Gasteiger partial charge in [-0.05, 0) is 19.0 Å². The van der Waals surface area contributed by atoms with Gasteiger partial charge in [-0.15, -0.1) is 0 Å². The topological polar surface area (TPSA) is 45.8 Å². The number of hydrogen-bond acceptors (Lipinski definition) is 5. The fourth-order valence-corrected chi connectivity index (χ4v) is 3.15. The van der Waals surface area contributed by atoms with Gasteiger partial charge in [0, 0.05) is 46.9 Å². The summed E-state index contributed by atoms with van der Waals surface area (Å²) in [6, 6.07) is 1.04. The quantitative estimate of drug-likeness (QED) is 0.495. The van der Waals surface area contributed by atoms with E-state index in [4.69, 9.17) is 8.85 Å². The van der Waals surface area contributed by atoms with Gasteiger partial charge in [-0.25, -0.2) is 5.01 Å². The van der Waals surface area contributed by atoms with E-state index in [0.29, 0.717) is 0 Å². The monoisotopic (exact) mass is 247 g/mol. The molecule has 6 heteroatoms. The Morgan fingerprint density at radius 1 is 1.25 bits per heavy atom. The molecule has 0 atom stereocenters. The van der Waals surface area contributed by atoms with Crippen LogP contribution < -0.4 is 10.7 Å². The van der Waals surface area contributed by atoms with Gasteiger partial charge in [0.05, 0.1) is 0 Å². The highest BCUT2D eigenvalue weighted by Crippen LogP contribution is 2.12. The Balaban J connectivity index is 2.06. The molecule has 0 amide bonds. The average molecular weight is 247 g/mol. The van der Waals surface area contributed by atoms with Crippen LogP contribution in [0.3, 0.4) is 0 Å². The lowest BCUT2D eigenvalue weighted by Gasteiger charge is -2.28. The van der Waals surface area contributed by atoms with E-state index < -0.39 is 8.56 Å². The molecule has 96 valence electrons. The summed E-state index contributed by atoms with van der Waals surface area (Å²) in [6.07, 6.45) is 1.11. The smallest absolute Gasteiger partial charge is 0.334 e. The van der Waals surface area contributed by atoms with E-state index in [1.807, 2.05) is 0 Å². The lowest BCUT2D eigenvalue weighted by Crippen LogP contribution is -2.50. The van der Waals surface area contributed by atoms with Gasteiger partial charge in [-0.3, -0.25) is 5.43 Å². The third kappa shape index (κ3) is 4.90. The van der Waals surface area contributed by atoms with E-state index >= 15 is 0 Å². The van der Waals surface area contributed by atoms with Crippen LogP contribution in [0.15, 0.2) is 0 Å². The minimum Gasteiger partial charge on any atom is -0.398 e. The molecule has 1 saturated heterocycles. The van der Waals surface area contributed by atoms with Gasteiger partial charge in [-0.2, -0.15) is 0 Å². The molecule has 1 heterocycles. The summed E-state index contributed by atoms with van der Waals surface area (Å²) in [6.45, 7) is 7.45. The first-order valence-electron chi connectivity index (χ1n) is 6.00. The number of piperazine rings is 1. The van der Waals surface area contributed by atoms with Gasteiger partial charge < -0.3 is 14.2 Å². The van der Waals surface area contributed by atoms with Gasteiger partial charge in [0.25, 0.3) is 0 Å². The molecule has 0 aromatic rings. The van der Waals surface area contributed by atoms with Crippen molar-refractivity contribution in [2.75, 3.05) is 46.9 Å². The zero-order chi connectivity index (χ0) is 11.9. The molecule has 1 rings (SSSR count). The van der Waals surface area contributed by atoms with Gasteiger partial charge in [0.2, 0.25) is 0 Å². The lowest BCUT2D eigenvalue weighted by atomic mass is 10.4. The summed E-state index contributed by atoms with van der Waals surface area (Å²) in [5, 5.41) is 5.62. The van der Waals surface area contributed by atoms with Crippen LogP contribution in [0.5, 0.6) is 0 Å². The van der Waals surface area contributed by atoms with Crippen molar-refractivity contribution in [1.29, 1.82) is 0 Å². The molecule has 2 N–H and O–H groups in total. The zero-order valence-corrected chi connectivity index (χ0v) is 11.7. The van der Waals surface area contributed by atoms with E-state index in [1.165, 1.54) is 0 Å². The van der Waals surface area contributed by atoms with Gasteiger partial charge in [-0.1, -0.05) is 0 Å². The number of hydrazine groups is 1. The van der Waals surface area contributed by atoms with Gasteiger partial charge >= 0.3 is 8.56 Å². The van der Waals surface area contributed by atoms with Crippen molar-refractivity contribution < 1.29 is 8.85 Å². The van der Waals surface area contributed by atoms with Crippen LogP contribution in [0.1, 0.15) is 6.42 Å². The molecule has 0 radical (unpaired) electrons. The maximum Gasteiger partial charge on any atom is 0.334 e. The van der Waals surface area contributed by atoms with Crippen LogP contribution in [0, 0.1) is 0 Å². The van der Waals surface area contributed by atoms with E-state index in [9.17, 15) is 0 Å². The molecule has 0 bridgehead atoms. The molecule has 1 aliphatic rings. The molecule has 1 fully saturated rings. The minimum absolute atomic E-state index is 1.01. The molecule has 1 aliphatic heterocycles. The Labute approximate surface area is 99.7 Å². The highest BCUT2D eigenvalue weighted by Gasteiger charge is 2.27. The van der Waals surface area contributed by atoms with Crippen LogP contribution in [0.25, 0.3) is 0 Å². The molecule has 5 nitrogen and oxygen atoms in total. The first kappa shape index (κ1) is 14.1.